The van der Waals surface area contributed by atoms with Crippen molar-refractivity contribution in [2.45, 2.75) is 31.7 Å². The number of benzene rings is 2. The van der Waals surface area contributed by atoms with Gasteiger partial charge in [0.15, 0.2) is 12.2 Å². The molecule has 2 aromatic carbocycles. The minimum Gasteiger partial charge on any atom is -0.455 e. The highest BCUT2D eigenvalue weighted by Gasteiger charge is 2.27. The number of ether oxygens (including phenoxy) is 1. The molecule has 0 fully saturated rings. The molecule has 1 aromatic heterocycles. The number of hydrogen-bond acceptors (Lipinski definition) is 5. The highest BCUT2D eigenvalue weighted by molar-refractivity contribution is 5.85. The molecule has 0 radical (unpaired) electrons. The second-order valence-corrected chi connectivity index (χ2v) is 7.07. The minimum absolute atomic E-state index is 0.0237. The van der Waals surface area contributed by atoms with Crippen molar-refractivity contribution in [2.75, 3.05) is 13.7 Å². The molecule has 4 rings (SSSR count). The van der Waals surface area contributed by atoms with E-state index in [4.69, 9.17) is 9.26 Å². The number of para-hydroxylation sites is 1. The van der Waals surface area contributed by atoms with Gasteiger partial charge in [0.2, 0.25) is 0 Å². The zero-order chi connectivity index (χ0) is 19.5. The number of carbonyl (C=O) groups excluding carboxylic acids is 2. The number of hydrogen-bond donors (Lipinski definition) is 0. The van der Waals surface area contributed by atoms with Crippen LogP contribution >= 0.6 is 0 Å². The van der Waals surface area contributed by atoms with Crippen molar-refractivity contribution < 1.29 is 18.8 Å². The first-order valence-electron chi connectivity index (χ1n) is 9.46. The highest BCUT2D eigenvalue weighted by atomic mass is 16.5. The molecule has 0 aliphatic heterocycles. The van der Waals surface area contributed by atoms with Crippen molar-refractivity contribution >= 4 is 22.8 Å². The van der Waals surface area contributed by atoms with Gasteiger partial charge in [-0.05, 0) is 42.5 Å². The molecular formula is C22H22N2O4. The molecule has 6 nitrogen and oxygen atoms in total. The van der Waals surface area contributed by atoms with Crippen LogP contribution in [0, 0.1) is 0 Å². The zero-order valence-electron chi connectivity index (χ0n) is 15.8. The summed E-state index contributed by atoms with van der Waals surface area (Å²) in [5.41, 5.74) is 3.61. The first-order valence-corrected chi connectivity index (χ1v) is 9.46. The van der Waals surface area contributed by atoms with Crippen LogP contribution in [0.3, 0.4) is 0 Å². The predicted molar refractivity (Wildman–Crippen MR) is 104 cm³/mol. The van der Waals surface area contributed by atoms with Crippen molar-refractivity contribution in [1.82, 2.24) is 10.1 Å². The molecule has 1 aliphatic carbocycles. The van der Waals surface area contributed by atoms with Crippen LogP contribution in [0.5, 0.6) is 0 Å². The summed E-state index contributed by atoms with van der Waals surface area (Å²) in [7, 11) is 1.77. The predicted octanol–water partition coefficient (Wildman–Crippen LogP) is 3.45. The molecule has 0 saturated heterocycles. The van der Waals surface area contributed by atoms with Crippen LogP contribution < -0.4 is 0 Å². The molecule has 3 aromatic rings. The van der Waals surface area contributed by atoms with Gasteiger partial charge in [-0.1, -0.05) is 41.6 Å². The first-order chi connectivity index (χ1) is 13.6. The van der Waals surface area contributed by atoms with Gasteiger partial charge in [0, 0.05) is 12.4 Å². The first kappa shape index (κ1) is 18.2. The lowest BCUT2D eigenvalue weighted by atomic mass is 9.87. The van der Waals surface area contributed by atoms with Crippen LogP contribution in [-0.4, -0.2) is 35.6 Å². The Morgan fingerprint density at radius 1 is 1.18 bits per heavy atom. The quantitative estimate of drug-likeness (QED) is 0.636. The Labute approximate surface area is 163 Å². The normalized spacial score (nSPS) is 15.8. The molecule has 1 atom stereocenters. The largest absolute Gasteiger partial charge is 0.455 e. The number of likely N-dealkylation sites (N-methyl/N-ethyl adjacent to an activating group) is 1. The van der Waals surface area contributed by atoms with Crippen LogP contribution in [0.4, 0.5) is 0 Å². The number of amides is 1. The van der Waals surface area contributed by atoms with E-state index in [9.17, 15) is 9.59 Å². The fourth-order valence-electron chi connectivity index (χ4n) is 3.80. The summed E-state index contributed by atoms with van der Waals surface area (Å²) in [5.74, 6) is -0.704. The second-order valence-electron chi connectivity index (χ2n) is 7.07. The summed E-state index contributed by atoms with van der Waals surface area (Å²) in [6.45, 7) is -0.274. The molecule has 0 bridgehead atoms. The van der Waals surface area contributed by atoms with Crippen LogP contribution in [-0.2, 0) is 27.2 Å². The molecule has 0 unspecified atom stereocenters. The molecular weight excluding hydrogens is 356 g/mol. The summed E-state index contributed by atoms with van der Waals surface area (Å²) in [5, 5.41) is 4.70. The molecule has 1 aliphatic rings. The van der Waals surface area contributed by atoms with Crippen molar-refractivity contribution in [3.63, 3.8) is 0 Å². The summed E-state index contributed by atoms with van der Waals surface area (Å²) < 4.78 is 10.4. The Bertz CT molecular complexity index is 1010. The number of rotatable bonds is 5. The van der Waals surface area contributed by atoms with Crippen LogP contribution in [0.25, 0.3) is 11.0 Å². The van der Waals surface area contributed by atoms with E-state index >= 15 is 0 Å². The number of esters is 1. The van der Waals surface area contributed by atoms with Gasteiger partial charge >= 0.3 is 5.97 Å². The summed E-state index contributed by atoms with van der Waals surface area (Å²) >= 11 is 0. The summed E-state index contributed by atoms with van der Waals surface area (Å²) in [4.78, 5) is 26.5. The Morgan fingerprint density at radius 3 is 2.86 bits per heavy atom. The number of carbonyl (C=O) groups is 2. The third kappa shape index (κ3) is 3.63. The smallest absolute Gasteiger partial charge is 0.312 e. The van der Waals surface area contributed by atoms with E-state index in [0.29, 0.717) is 11.3 Å². The van der Waals surface area contributed by atoms with Crippen LogP contribution in [0.1, 0.15) is 35.7 Å². The lowest BCUT2D eigenvalue weighted by Crippen LogP contribution is -2.36. The van der Waals surface area contributed by atoms with Gasteiger partial charge < -0.3 is 14.2 Å². The van der Waals surface area contributed by atoms with Gasteiger partial charge in [-0.3, -0.25) is 9.59 Å². The number of aryl methyl sites for hydroxylation is 1. The molecule has 0 saturated carbocycles. The maximum atomic E-state index is 12.6. The van der Waals surface area contributed by atoms with Gasteiger partial charge in [0.1, 0.15) is 5.69 Å². The topological polar surface area (TPSA) is 72.6 Å². The molecule has 0 spiro atoms. The van der Waals surface area contributed by atoms with E-state index in [1.54, 1.807) is 18.0 Å². The molecule has 1 heterocycles. The average Bonchev–Trinajstić information content (AvgIpc) is 3.14. The third-order valence-corrected chi connectivity index (χ3v) is 5.32. The third-order valence-electron chi connectivity index (χ3n) is 5.32. The van der Waals surface area contributed by atoms with E-state index in [0.717, 1.165) is 24.6 Å². The maximum Gasteiger partial charge on any atom is 0.312 e. The van der Waals surface area contributed by atoms with Crippen LogP contribution in [0.15, 0.2) is 53.1 Å². The van der Waals surface area contributed by atoms with Crippen molar-refractivity contribution in [2.24, 2.45) is 0 Å². The Hall–Kier alpha value is -3.15. The Morgan fingerprint density at radius 2 is 1.96 bits per heavy atom. The van der Waals surface area contributed by atoms with E-state index < -0.39 is 5.97 Å². The fourth-order valence-corrected chi connectivity index (χ4v) is 3.80. The van der Waals surface area contributed by atoms with Gasteiger partial charge in [-0.2, -0.15) is 0 Å². The number of nitrogens with zero attached hydrogens (tertiary/aromatic N) is 2. The van der Waals surface area contributed by atoms with E-state index in [-0.39, 0.29) is 25.0 Å². The van der Waals surface area contributed by atoms with Crippen molar-refractivity contribution in [1.29, 1.82) is 0 Å². The average molecular weight is 378 g/mol. The van der Waals surface area contributed by atoms with Gasteiger partial charge in [0.05, 0.1) is 12.5 Å². The van der Waals surface area contributed by atoms with Crippen molar-refractivity contribution in [3.8, 4) is 0 Å². The van der Waals surface area contributed by atoms with Gasteiger partial charge in [-0.15, -0.1) is 0 Å². The van der Waals surface area contributed by atoms with E-state index in [1.165, 1.54) is 11.1 Å². The molecule has 144 valence electrons. The monoisotopic (exact) mass is 378 g/mol. The SMILES string of the molecule is CN(C(=O)COC(=O)Cc1noc2ccccc12)[C@H]1CCCc2ccccc21. The highest BCUT2D eigenvalue weighted by Crippen LogP contribution is 2.33. The van der Waals surface area contributed by atoms with Gasteiger partial charge in [-0.25, -0.2) is 0 Å². The fraction of sp³-hybridized carbons (Fsp3) is 0.318. The lowest BCUT2D eigenvalue weighted by molar-refractivity contribution is -0.152. The Kier molecular flexibility index (Phi) is 5.10. The number of fused-ring (bicyclic) bond motifs is 2. The Balaban J connectivity index is 1.36. The molecule has 0 N–H and O–H groups in total. The second kappa shape index (κ2) is 7.84. The summed E-state index contributed by atoms with van der Waals surface area (Å²) in [6.07, 6.45) is 2.96. The molecule has 6 heteroatoms. The zero-order valence-corrected chi connectivity index (χ0v) is 15.8. The molecule has 1 amide bonds. The standard InChI is InChI=1S/C22H22N2O4/c1-24(19-11-6-8-15-7-2-3-9-16(15)19)21(25)14-27-22(26)13-18-17-10-4-5-12-20(17)28-23-18/h2-5,7,9-10,12,19H,6,8,11,13-14H2,1H3/t19-/m0/s1. The van der Waals surface area contributed by atoms with Crippen molar-refractivity contribution in [3.05, 3.63) is 65.4 Å². The number of aromatic nitrogens is 1. The lowest BCUT2D eigenvalue weighted by Gasteiger charge is -2.33. The maximum absolute atomic E-state index is 12.6. The minimum atomic E-state index is -0.496. The van der Waals surface area contributed by atoms with Gasteiger partial charge in [0.25, 0.3) is 5.91 Å². The van der Waals surface area contributed by atoms with Crippen LogP contribution in [0.2, 0.25) is 0 Å². The van der Waals surface area contributed by atoms with E-state index in [2.05, 4.69) is 17.3 Å². The summed E-state index contributed by atoms with van der Waals surface area (Å²) in [6, 6.07) is 15.6. The molecule has 28 heavy (non-hydrogen) atoms. The van der Waals surface area contributed by atoms with E-state index in [1.807, 2.05) is 30.3 Å².